The molecule has 10 heteroatoms. The molecule has 0 saturated carbocycles. The quantitative estimate of drug-likeness (QED) is 0.573. The predicted octanol–water partition coefficient (Wildman–Crippen LogP) is 1.82. The monoisotopic (exact) mass is 303 g/mol. The van der Waals surface area contributed by atoms with Gasteiger partial charge in [0, 0.05) is 0 Å². The molecule has 1 unspecified atom stereocenters. The number of nitrogens with one attached hydrogen (secondary N) is 1. The molecule has 0 fully saturated rings. The number of rotatable bonds is 3. The van der Waals surface area contributed by atoms with E-state index in [1.807, 2.05) is 6.92 Å². The van der Waals surface area contributed by atoms with E-state index in [-0.39, 0.29) is 17.2 Å². The third-order valence-corrected chi connectivity index (χ3v) is 3.44. The molecule has 0 aromatic heterocycles. The van der Waals surface area contributed by atoms with Crippen LogP contribution in [0.2, 0.25) is 0 Å². The van der Waals surface area contributed by atoms with Gasteiger partial charge < -0.3 is 6.15 Å². The fourth-order valence-electron chi connectivity index (χ4n) is 1.37. The normalized spacial score (nSPS) is 18.3. The molecule has 5 N–H and O–H groups in total. The smallest absolute Gasteiger partial charge is 0.294 e. The van der Waals surface area contributed by atoms with Crippen LogP contribution in [-0.4, -0.2) is 29.3 Å². The summed E-state index contributed by atoms with van der Waals surface area (Å²) in [4.78, 5) is -0.167. The highest BCUT2D eigenvalue weighted by Crippen LogP contribution is 2.18. The average molecular weight is 303 g/mol. The van der Waals surface area contributed by atoms with E-state index in [1.54, 1.807) is 5.01 Å². The van der Waals surface area contributed by atoms with E-state index in [2.05, 4.69) is 15.7 Å². The predicted molar refractivity (Wildman–Crippen MR) is 73.7 cm³/mol. The van der Waals surface area contributed by atoms with Gasteiger partial charge in [-0.25, -0.2) is 5.01 Å². The highest BCUT2D eigenvalue weighted by molar-refractivity contribution is 7.85. The molecule has 19 heavy (non-hydrogen) atoms. The van der Waals surface area contributed by atoms with E-state index >= 15 is 0 Å². The Hall–Kier alpha value is -1.62. The maximum atomic E-state index is 10.9. The van der Waals surface area contributed by atoms with Gasteiger partial charge in [0.25, 0.3) is 10.1 Å². The molecule has 8 nitrogen and oxygen atoms in total. The second kappa shape index (κ2) is 5.57. The van der Waals surface area contributed by atoms with E-state index in [9.17, 15) is 8.42 Å². The van der Waals surface area contributed by atoms with Crippen LogP contribution >= 0.6 is 12.2 Å². The average Bonchev–Trinajstić information content (AvgIpc) is 2.60. The first-order chi connectivity index (χ1) is 8.38. The van der Waals surface area contributed by atoms with Gasteiger partial charge in [-0.15, -0.1) is 5.11 Å². The van der Waals surface area contributed by atoms with Crippen LogP contribution in [-0.2, 0) is 10.1 Å². The molecule has 104 valence electrons. The molecule has 0 saturated heterocycles. The van der Waals surface area contributed by atoms with Gasteiger partial charge in [0.1, 0.15) is 0 Å². The lowest BCUT2D eigenvalue weighted by Crippen LogP contribution is -2.36. The number of hydrogen-bond acceptors (Lipinski definition) is 6. The summed E-state index contributed by atoms with van der Waals surface area (Å²) < 4.78 is 30.6. The van der Waals surface area contributed by atoms with Crippen LogP contribution in [0.15, 0.2) is 39.4 Å². The van der Waals surface area contributed by atoms with Crippen molar-refractivity contribution in [1.82, 2.24) is 11.2 Å². The first-order valence-corrected chi connectivity index (χ1v) is 6.81. The maximum absolute atomic E-state index is 10.9. The molecule has 1 heterocycles. The van der Waals surface area contributed by atoms with Gasteiger partial charge in [-0.1, -0.05) is 0 Å². The first kappa shape index (κ1) is 15.4. The van der Waals surface area contributed by atoms with Crippen molar-refractivity contribution in [3.05, 3.63) is 24.3 Å². The van der Waals surface area contributed by atoms with Gasteiger partial charge in [0.05, 0.1) is 10.6 Å². The van der Waals surface area contributed by atoms with Gasteiger partial charge in [0.15, 0.2) is 6.17 Å². The Morgan fingerprint density at radius 1 is 1.37 bits per heavy atom. The third kappa shape index (κ3) is 3.44. The molecule has 1 atom stereocenters. The summed E-state index contributed by atoms with van der Waals surface area (Å²) in [6, 6.07) is 5.60. The summed E-state index contributed by atoms with van der Waals surface area (Å²) in [5.74, 6) is 0. The Kier molecular flexibility index (Phi) is 4.52. The molecule has 1 aliphatic heterocycles. The number of hydrazine groups is 1. The topological polar surface area (TPSA) is 129 Å². The molecule has 0 radical (unpaired) electrons. The van der Waals surface area contributed by atoms with Crippen molar-refractivity contribution in [3.63, 3.8) is 0 Å². The van der Waals surface area contributed by atoms with Crippen molar-refractivity contribution in [2.45, 2.75) is 18.0 Å². The molecular formula is C9H13N5O3S2. The number of hydrogen-bond donors (Lipinski definition) is 3. The Morgan fingerprint density at radius 3 is 2.37 bits per heavy atom. The summed E-state index contributed by atoms with van der Waals surface area (Å²) in [5, 5.41) is 9.47. The summed E-state index contributed by atoms with van der Waals surface area (Å²) in [7, 11) is -4.17. The van der Waals surface area contributed by atoms with Crippen LogP contribution in [0.5, 0.6) is 0 Å². The molecule has 1 aromatic rings. The lowest BCUT2D eigenvalue weighted by atomic mass is 10.3. The minimum atomic E-state index is -4.17. The maximum Gasteiger partial charge on any atom is 0.294 e. The molecular weight excluding hydrogens is 290 g/mol. The molecule has 0 bridgehead atoms. The molecule has 2 rings (SSSR count). The van der Waals surface area contributed by atoms with Gasteiger partial charge in [0.2, 0.25) is 5.11 Å². The van der Waals surface area contributed by atoms with Crippen LogP contribution in [0.1, 0.15) is 6.92 Å². The van der Waals surface area contributed by atoms with Gasteiger partial charge in [-0.3, -0.25) is 9.98 Å². The summed E-state index contributed by atoms with van der Waals surface area (Å²) in [6.45, 7) is 1.81. The number of azo groups is 1. The van der Waals surface area contributed by atoms with Crippen molar-refractivity contribution in [1.29, 1.82) is 0 Å². The van der Waals surface area contributed by atoms with E-state index in [0.29, 0.717) is 10.8 Å². The number of nitrogens with zero attached hydrogens (tertiary/aromatic N) is 3. The Balaban J connectivity index is 0.00000180. The van der Waals surface area contributed by atoms with Gasteiger partial charge in [-0.2, -0.15) is 13.5 Å². The summed E-state index contributed by atoms with van der Waals surface area (Å²) in [6.07, 6.45) is -0.223. The molecule has 1 aromatic carbocycles. The van der Waals surface area contributed by atoms with Gasteiger partial charge >= 0.3 is 0 Å². The molecule has 0 spiro atoms. The van der Waals surface area contributed by atoms with E-state index in [4.69, 9.17) is 16.8 Å². The minimum Gasteiger partial charge on any atom is -0.344 e. The van der Waals surface area contributed by atoms with Crippen molar-refractivity contribution < 1.29 is 13.0 Å². The van der Waals surface area contributed by atoms with Crippen LogP contribution in [0.4, 0.5) is 5.69 Å². The zero-order valence-electron chi connectivity index (χ0n) is 10.0. The highest BCUT2D eigenvalue weighted by Gasteiger charge is 2.22. The summed E-state index contributed by atoms with van der Waals surface area (Å²) >= 11 is 4.97. The van der Waals surface area contributed by atoms with E-state index < -0.39 is 10.1 Å². The first-order valence-electron chi connectivity index (χ1n) is 4.96. The largest absolute Gasteiger partial charge is 0.344 e. The van der Waals surface area contributed by atoms with Gasteiger partial charge in [-0.05, 0) is 43.4 Å². The fourth-order valence-corrected chi connectivity index (χ4v) is 2.10. The number of benzene rings is 1. The zero-order chi connectivity index (χ0) is 13.3. The molecule has 1 aliphatic rings. The van der Waals surface area contributed by atoms with Crippen LogP contribution in [0.3, 0.4) is 0 Å². The fraction of sp³-hybridized carbons (Fsp3) is 0.222. The number of thiocarbonyl (C=S) groups is 1. The highest BCUT2D eigenvalue weighted by atomic mass is 32.2. The van der Waals surface area contributed by atoms with Crippen LogP contribution in [0, 0.1) is 0 Å². The van der Waals surface area contributed by atoms with Crippen molar-refractivity contribution in [2.24, 2.45) is 10.2 Å². The second-order valence-corrected chi connectivity index (χ2v) is 5.40. The van der Waals surface area contributed by atoms with Crippen LogP contribution < -0.4 is 11.6 Å². The summed E-state index contributed by atoms with van der Waals surface area (Å²) in [5.41, 5.74) is 3.56. The standard InChI is InChI=1S/C9H10N4O3S2.H3N/c1-6-10-11-9(17)13(6)12-7-2-4-8(5-3-7)18(14,15)16;/h2-6,12H,1H3,(H,14,15,16);1H3. The minimum absolute atomic E-state index is 0. The van der Waals surface area contributed by atoms with E-state index in [1.165, 1.54) is 24.3 Å². The Bertz CT molecular complexity index is 599. The van der Waals surface area contributed by atoms with Crippen molar-refractivity contribution in [3.8, 4) is 0 Å². The lowest BCUT2D eigenvalue weighted by Gasteiger charge is -2.21. The third-order valence-electron chi connectivity index (χ3n) is 2.29. The van der Waals surface area contributed by atoms with Crippen molar-refractivity contribution in [2.75, 3.05) is 5.43 Å². The second-order valence-electron chi connectivity index (χ2n) is 3.61. The zero-order valence-corrected chi connectivity index (χ0v) is 11.6. The number of anilines is 1. The SMILES string of the molecule is CC1N=NC(=S)N1Nc1ccc(S(=O)(=O)O)cc1.N. The van der Waals surface area contributed by atoms with Crippen molar-refractivity contribution >= 4 is 33.1 Å². The van der Waals surface area contributed by atoms with E-state index in [0.717, 1.165) is 0 Å². The molecule has 0 aliphatic carbocycles. The lowest BCUT2D eigenvalue weighted by molar-refractivity contribution is 0.423. The Morgan fingerprint density at radius 2 is 1.95 bits per heavy atom. The molecule has 0 amide bonds. The Labute approximate surface area is 115 Å². The van der Waals surface area contributed by atoms with Crippen LogP contribution in [0.25, 0.3) is 0 Å².